The van der Waals surface area contributed by atoms with E-state index in [0.717, 1.165) is 6.42 Å². The molecule has 1 amide bonds. The molecule has 5 nitrogen and oxygen atoms in total. The molecule has 7 heteroatoms. The molecule has 1 aromatic carbocycles. The van der Waals surface area contributed by atoms with Crippen molar-refractivity contribution in [1.82, 2.24) is 16.2 Å². The number of benzene rings is 1. The molecule has 0 aromatic heterocycles. The second-order valence-electron chi connectivity index (χ2n) is 5.85. The molecule has 0 radical (unpaired) electrons. The second kappa shape index (κ2) is 8.67. The Hall–Kier alpha value is -1.89. The first kappa shape index (κ1) is 17.5. The lowest BCUT2D eigenvalue weighted by atomic mass is 9.86. The van der Waals surface area contributed by atoms with Crippen LogP contribution in [0.2, 0.25) is 0 Å². The summed E-state index contributed by atoms with van der Waals surface area (Å²) in [6, 6.07) is 6.55. The largest absolute Gasteiger partial charge is 0.374 e. The summed E-state index contributed by atoms with van der Waals surface area (Å²) >= 11 is 5.19. The number of halogens is 1. The van der Waals surface area contributed by atoms with E-state index < -0.39 is 5.82 Å². The number of rotatable bonds is 4. The number of hydrazine groups is 1. The monoisotopic (exact) mass is 338 g/mol. The summed E-state index contributed by atoms with van der Waals surface area (Å²) < 4.78 is 13.4. The molecule has 2 rings (SSSR count). The smallest absolute Gasteiger partial charge is 0.257 e. The Morgan fingerprint density at radius 1 is 1.26 bits per heavy atom. The summed E-state index contributed by atoms with van der Waals surface area (Å²) in [5.74, 6) is -0.146. The Kier molecular flexibility index (Phi) is 6.58. The number of hydrogen-bond donors (Lipinski definition) is 4. The van der Waals surface area contributed by atoms with Gasteiger partial charge in [0.05, 0.1) is 12.2 Å². The normalized spacial score (nSPS) is 20.4. The van der Waals surface area contributed by atoms with E-state index in [-0.39, 0.29) is 12.5 Å². The third-order valence-corrected chi connectivity index (χ3v) is 4.28. The van der Waals surface area contributed by atoms with Crippen LogP contribution in [-0.4, -0.2) is 23.6 Å². The third kappa shape index (κ3) is 5.67. The maximum atomic E-state index is 13.4. The predicted molar refractivity (Wildman–Crippen MR) is 93.3 cm³/mol. The van der Waals surface area contributed by atoms with Gasteiger partial charge in [-0.25, -0.2) is 4.39 Å². The molecule has 0 unspecified atom stereocenters. The number of anilines is 1. The van der Waals surface area contributed by atoms with Gasteiger partial charge in [0, 0.05) is 6.04 Å². The van der Waals surface area contributed by atoms with Crippen molar-refractivity contribution in [2.75, 3.05) is 11.9 Å². The first-order valence-corrected chi connectivity index (χ1v) is 8.31. The summed E-state index contributed by atoms with van der Waals surface area (Å²) in [5.41, 5.74) is 5.48. The summed E-state index contributed by atoms with van der Waals surface area (Å²) in [6.45, 7) is 2.16. The van der Waals surface area contributed by atoms with Crippen molar-refractivity contribution < 1.29 is 9.18 Å². The first-order chi connectivity index (χ1) is 11.1. The van der Waals surface area contributed by atoms with Crippen LogP contribution < -0.4 is 21.5 Å². The van der Waals surface area contributed by atoms with Crippen LogP contribution in [0, 0.1) is 11.7 Å². The minimum absolute atomic E-state index is 0.0453. The Morgan fingerprint density at radius 2 is 2.00 bits per heavy atom. The fourth-order valence-electron chi connectivity index (χ4n) is 2.69. The predicted octanol–water partition coefficient (Wildman–Crippen LogP) is 2.31. The molecule has 0 aliphatic heterocycles. The molecule has 0 bridgehead atoms. The van der Waals surface area contributed by atoms with E-state index in [1.54, 1.807) is 18.2 Å². The molecule has 126 valence electrons. The van der Waals surface area contributed by atoms with Gasteiger partial charge in [-0.2, -0.15) is 0 Å². The third-order valence-electron chi connectivity index (χ3n) is 4.06. The molecular formula is C16H23FN4OS. The van der Waals surface area contributed by atoms with Gasteiger partial charge in [0.2, 0.25) is 0 Å². The van der Waals surface area contributed by atoms with Gasteiger partial charge in [0.15, 0.2) is 5.11 Å². The number of carbonyl (C=O) groups is 1. The zero-order chi connectivity index (χ0) is 16.7. The van der Waals surface area contributed by atoms with Gasteiger partial charge in [-0.15, -0.1) is 0 Å². The molecule has 0 heterocycles. The van der Waals surface area contributed by atoms with Crippen molar-refractivity contribution in [1.29, 1.82) is 0 Å². The number of amides is 1. The first-order valence-electron chi connectivity index (χ1n) is 7.90. The summed E-state index contributed by atoms with van der Waals surface area (Å²) in [5, 5.41) is 6.37. The average molecular weight is 338 g/mol. The molecule has 23 heavy (non-hydrogen) atoms. The molecule has 1 saturated carbocycles. The second-order valence-corrected chi connectivity index (χ2v) is 6.26. The fourth-order valence-corrected chi connectivity index (χ4v) is 2.89. The van der Waals surface area contributed by atoms with Gasteiger partial charge < -0.3 is 10.6 Å². The van der Waals surface area contributed by atoms with E-state index >= 15 is 0 Å². The Balaban J connectivity index is 1.67. The van der Waals surface area contributed by atoms with E-state index in [9.17, 15) is 9.18 Å². The maximum absolute atomic E-state index is 13.4. The van der Waals surface area contributed by atoms with E-state index in [0.29, 0.717) is 22.8 Å². The van der Waals surface area contributed by atoms with Crippen molar-refractivity contribution in [3.63, 3.8) is 0 Å². The van der Waals surface area contributed by atoms with E-state index in [4.69, 9.17) is 12.2 Å². The highest BCUT2D eigenvalue weighted by molar-refractivity contribution is 7.80. The van der Waals surface area contributed by atoms with Crippen LogP contribution in [0.3, 0.4) is 0 Å². The van der Waals surface area contributed by atoms with E-state index in [1.807, 2.05) is 0 Å². The molecule has 1 fully saturated rings. The summed E-state index contributed by atoms with van der Waals surface area (Å²) in [4.78, 5) is 11.7. The van der Waals surface area contributed by atoms with Crippen LogP contribution >= 0.6 is 12.2 Å². The number of carbonyl (C=O) groups excluding carboxylic acids is 1. The molecule has 0 saturated heterocycles. The number of hydrogen-bond acceptors (Lipinski definition) is 3. The van der Waals surface area contributed by atoms with Crippen molar-refractivity contribution in [3.8, 4) is 0 Å². The Morgan fingerprint density at radius 3 is 2.74 bits per heavy atom. The zero-order valence-corrected chi connectivity index (χ0v) is 14.0. The quantitative estimate of drug-likeness (QED) is 0.501. The number of thiocarbonyl (C=S) groups is 1. The van der Waals surface area contributed by atoms with Crippen LogP contribution in [0.15, 0.2) is 24.3 Å². The maximum Gasteiger partial charge on any atom is 0.257 e. The minimum atomic E-state index is -0.392. The van der Waals surface area contributed by atoms with Crippen LogP contribution in [0.25, 0.3) is 0 Å². The van der Waals surface area contributed by atoms with Gasteiger partial charge in [-0.1, -0.05) is 31.9 Å². The topological polar surface area (TPSA) is 65.2 Å². The lowest BCUT2D eigenvalue weighted by Crippen LogP contribution is -2.52. The van der Waals surface area contributed by atoms with Gasteiger partial charge in [-0.05, 0) is 43.1 Å². The highest BCUT2D eigenvalue weighted by atomic mass is 32.1. The molecule has 4 N–H and O–H groups in total. The van der Waals surface area contributed by atoms with Gasteiger partial charge in [0.25, 0.3) is 5.91 Å². The SMILES string of the molecule is C[C@H]1CCCC[C@H]1NC(=S)NNC(=O)CNc1ccccc1F. The van der Waals surface area contributed by atoms with Crippen LogP contribution in [0.1, 0.15) is 32.6 Å². The van der Waals surface area contributed by atoms with Crippen LogP contribution in [0.4, 0.5) is 10.1 Å². The lowest BCUT2D eigenvalue weighted by Gasteiger charge is -2.30. The van der Waals surface area contributed by atoms with Crippen molar-refractivity contribution in [3.05, 3.63) is 30.1 Å². The molecule has 1 aliphatic carbocycles. The number of nitrogens with one attached hydrogen (secondary N) is 4. The summed E-state index contributed by atoms with van der Waals surface area (Å²) in [6.07, 6.45) is 4.74. The number of para-hydroxylation sites is 1. The van der Waals surface area contributed by atoms with Gasteiger partial charge in [-0.3, -0.25) is 15.6 Å². The zero-order valence-electron chi connectivity index (χ0n) is 13.2. The molecule has 0 spiro atoms. The minimum Gasteiger partial charge on any atom is -0.374 e. The summed E-state index contributed by atoms with van der Waals surface area (Å²) in [7, 11) is 0. The Bertz CT molecular complexity index is 555. The van der Waals surface area contributed by atoms with E-state index in [2.05, 4.69) is 28.4 Å². The fraction of sp³-hybridized carbons (Fsp3) is 0.500. The van der Waals surface area contributed by atoms with Crippen molar-refractivity contribution in [2.45, 2.75) is 38.6 Å². The van der Waals surface area contributed by atoms with Crippen LogP contribution in [0.5, 0.6) is 0 Å². The lowest BCUT2D eigenvalue weighted by molar-refractivity contribution is -0.119. The highest BCUT2D eigenvalue weighted by Gasteiger charge is 2.21. The van der Waals surface area contributed by atoms with Gasteiger partial charge >= 0.3 is 0 Å². The molecule has 2 atom stereocenters. The van der Waals surface area contributed by atoms with Crippen molar-refractivity contribution in [2.24, 2.45) is 5.92 Å². The molecular weight excluding hydrogens is 315 g/mol. The molecule has 1 aliphatic rings. The van der Waals surface area contributed by atoms with E-state index in [1.165, 1.54) is 25.3 Å². The average Bonchev–Trinajstić information content (AvgIpc) is 2.54. The van der Waals surface area contributed by atoms with Crippen LogP contribution in [-0.2, 0) is 4.79 Å². The van der Waals surface area contributed by atoms with Crippen molar-refractivity contribution >= 4 is 28.9 Å². The highest BCUT2D eigenvalue weighted by Crippen LogP contribution is 2.23. The molecule has 1 aromatic rings. The Labute approximate surface area is 141 Å². The van der Waals surface area contributed by atoms with Gasteiger partial charge in [0.1, 0.15) is 5.82 Å². The standard InChI is InChI=1S/C16H23FN4OS/c1-11-6-2-4-8-13(11)19-16(23)21-20-15(22)10-18-14-9-5-3-7-12(14)17/h3,5,7,9,11,13,18H,2,4,6,8,10H2,1H3,(H,20,22)(H2,19,21,23)/t11-,13+/m0/s1.